The molecule has 4 rings (SSSR count). The van der Waals surface area contributed by atoms with Crippen LogP contribution in [0.1, 0.15) is 55.2 Å². The lowest BCUT2D eigenvalue weighted by molar-refractivity contribution is -0.131. The summed E-state index contributed by atoms with van der Waals surface area (Å²) in [6.45, 7) is 7.06. The van der Waals surface area contributed by atoms with Crippen molar-refractivity contribution >= 4 is 5.91 Å². The van der Waals surface area contributed by atoms with Crippen LogP contribution in [0, 0.1) is 0 Å². The molecular weight excluding hydrogens is 368 g/mol. The van der Waals surface area contributed by atoms with Crippen LogP contribution in [-0.2, 0) is 24.2 Å². The zero-order chi connectivity index (χ0) is 20.4. The molecule has 1 aliphatic heterocycles. The van der Waals surface area contributed by atoms with Crippen molar-refractivity contribution in [1.82, 2.24) is 30.3 Å². The Bertz CT molecular complexity index is 992. The third kappa shape index (κ3) is 4.16. The lowest BCUT2D eigenvalue weighted by Gasteiger charge is -2.31. The minimum atomic E-state index is -0.114. The van der Waals surface area contributed by atoms with Gasteiger partial charge in [-0.3, -0.25) is 15.0 Å². The minimum absolute atomic E-state index is 0.0646. The van der Waals surface area contributed by atoms with Crippen LogP contribution in [0.5, 0.6) is 5.75 Å². The summed E-state index contributed by atoms with van der Waals surface area (Å²) in [4.78, 5) is 19.5. The van der Waals surface area contributed by atoms with Crippen LogP contribution in [0.15, 0.2) is 30.5 Å². The van der Waals surface area contributed by atoms with E-state index in [2.05, 4.69) is 25.4 Å². The van der Waals surface area contributed by atoms with Gasteiger partial charge < -0.3 is 9.64 Å². The molecule has 1 aromatic carbocycles. The van der Waals surface area contributed by atoms with Crippen molar-refractivity contribution < 1.29 is 9.53 Å². The van der Waals surface area contributed by atoms with Gasteiger partial charge in [0.15, 0.2) is 5.82 Å². The number of ether oxygens (including phenoxy) is 1. The molecule has 3 heterocycles. The van der Waals surface area contributed by atoms with Gasteiger partial charge in [-0.25, -0.2) is 4.98 Å². The van der Waals surface area contributed by atoms with Crippen LogP contribution in [0.3, 0.4) is 0 Å². The minimum Gasteiger partial charge on any atom is -0.491 e. The van der Waals surface area contributed by atoms with Gasteiger partial charge in [0.2, 0.25) is 5.91 Å². The number of nitrogens with zero attached hydrogens (tertiary/aromatic N) is 4. The third-order valence-electron chi connectivity index (χ3n) is 5.04. The van der Waals surface area contributed by atoms with Gasteiger partial charge >= 0.3 is 0 Å². The van der Waals surface area contributed by atoms with Gasteiger partial charge in [-0.15, -0.1) is 0 Å². The normalized spacial score (nSPS) is 16.1. The third-order valence-corrected chi connectivity index (χ3v) is 5.04. The summed E-state index contributed by atoms with van der Waals surface area (Å²) in [5.41, 5.74) is 2.94. The summed E-state index contributed by atoms with van der Waals surface area (Å²) >= 11 is 0. The fraction of sp³-hybridized carbons (Fsp3) is 0.429. The second kappa shape index (κ2) is 8.06. The molecule has 2 aromatic heterocycles. The van der Waals surface area contributed by atoms with Crippen LogP contribution in [-0.4, -0.2) is 48.8 Å². The fourth-order valence-electron chi connectivity index (χ4n) is 3.64. The molecule has 0 fully saturated rings. The number of aromatic amines is 2. The molecule has 3 aromatic rings. The number of nitrogens with one attached hydrogen (secondary N) is 2. The van der Waals surface area contributed by atoms with Crippen LogP contribution < -0.4 is 4.74 Å². The largest absolute Gasteiger partial charge is 0.491 e. The van der Waals surface area contributed by atoms with Gasteiger partial charge in [0, 0.05) is 25.1 Å². The molecule has 0 aliphatic carbocycles. The van der Waals surface area contributed by atoms with E-state index in [4.69, 9.17) is 4.74 Å². The Kier molecular flexibility index (Phi) is 5.33. The molecule has 0 saturated carbocycles. The highest BCUT2D eigenvalue weighted by Crippen LogP contribution is 2.30. The first-order chi connectivity index (χ1) is 14.0. The summed E-state index contributed by atoms with van der Waals surface area (Å²) < 4.78 is 5.75. The van der Waals surface area contributed by atoms with E-state index in [1.807, 2.05) is 49.9 Å². The molecule has 29 heavy (non-hydrogen) atoms. The van der Waals surface area contributed by atoms with Gasteiger partial charge in [-0.1, -0.05) is 19.1 Å². The number of carbonyl (C=O) groups excluding carboxylic acids is 1. The zero-order valence-corrected chi connectivity index (χ0v) is 17.0. The molecule has 152 valence electrons. The van der Waals surface area contributed by atoms with Gasteiger partial charge in [0.05, 0.1) is 30.3 Å². The van der Waals surface area contributed by atoms with Gasteiger partial charge in [0.25, 0.3) is 0 Å². The highest BCUT2D eigenvalue weighted by molar-refractivity contribution is 5.79. The van der Waals surface area contributed by atoms with Crippen molar-refractivity contribution in [1.29, 1.82) is 0 Å². The molecule has 8 heteroatoms. The van der Waals surface area contributed by atoms with E-state index >= 15 is 0 Å². The number of rotatable bonds is 6. The van der Waals surface area contributed by atoms with E-state index in [-0.39, 0.29) is 17.9 Å². The first-order valence-corrected chi connectivity index (χ1v) is 10.00. The molecule has 1 amide bonds. The molecule has 0 saturated heterocycles. The maximum absolute atomic E-state index is 13.1. The molecule has 1 aliphatic rings. The SMILES string of the molecule is CCc1nc(C2CN(C(=O)Cc3cccc(OC(C)C)c3)Cc3cn[nH]c32)n[nH]1. The van der Waals surface area contributed by atoms with Crippen LogP contribution in [0.4, 0.5) is 0 Å². The second-order valence-corrected chi connectivity index (χ2v) is 7.62. The van der Waals surface area contributed by atoms with Crippen LogP contribution in [0.25, 0.3) is 0 Å². The van der Waals surface area contributed by atoms with Gasteiger partial charge in [-0.05, 0) is 31.5 Å². The Labute approximate surface area is 169 Å². The predicted octanol–water partition coefficient (Wildman–Crippen LogP) is 2.59. The Morgan fingerprint density at radius 2 is 2.21 bits per heavy atom. The molecule has 0 bridgehead atoms. The molecule has 0 spiro atoms. The van der Waals surface area contributed by atoms with Crippen molar-refractivity contribution in [3.63, 3.8) is 0 Å². The maximum atomic E-state index is 13.1. The Hall–Kier alpha value is -3.16. The van der Waals surface area contributed by atoms with E-state index in [1.54, 1.807) is 6.20 Å². The number of carbonyl (C=O) groups is 1. The molecule has 8 nitrogen and oxygen atoms in total. The molecule has 1 unspecified atom stereocenters. The Morgan fingerprint density at radius 1 is 1.34 bits per heavy atom. The number of benzene rings is 1. The average molecular weight is 394 g/mol. The van der Waals surface area contributed by atoms with Crippen molar-refractivity contribution in [3.8, 4) is 5.75 Å². The number of aryl methyl sites for hydroxylation is 1. The Balaban J connectivity index is 1.52. The quantitative estimate of drug-likeness (QED) is 0.669. The van der Waals surface area contributed by atoms with E-state index in [1.165, 1.54) is 0 Å². The first-order valence-electron chi connectivity index (χ1n) is 10.00. The molecule has 2 N–H and O–H groups in total. The summed E-state index contributed by atoms with van der Waals surface area (Å²) in [7, 11) is 0. The zero-order valence-electron chi connectivity index (χ0n) is 17.0. The highest BCUT2D eigenvalue weighted by atomic mass is 16.5. The fourth-order valence-corrected chi connectivity index (χ4v) is 3.64. The van der Waals surface area contributed by atoms with E-state index in [0.29, 0.717) is 25.3 Å². The molecule has 0 radical (unpaired) electrons. The first kappa shape index (κ1) is 19.2. The standard InChI is InChI=1S/C21H26N6O2/c1-4-18-23-21(26-24-18)17-12-27(11-15-10-22-25-20(15)17)19(28)9-14-6-5-7-16(8-14)29-13(2)3/h5-8,10,13,17H,4,9,11-12H2,1-3H3,(H,22,25)(H,23,24,26). The Morgan fingerprint density at radius 3 is 2.97 bits per heavy atom. The van der Waals surface area contributed by atoms with Gasteiger partial charge in [-0.2, -0.15) is 10.2 Å². The summed E-state index contributed by atoms with van der Waals surface area (Å²) in [6.07, 6.45) is 2.99. The number of hydrogen-bond donors (Lipinski definition) is 2. The predicted molar refractivity (Wildman–Crippen MR) is 108 cm³/mol. The topological polar surface area (TPSA) is 99.8 Å². The number of hydrogen-bond acceptors (Lipinski definition) is 5. The summed E-state index contributed by atoms with van der Waals surface area (Å²) in [5, 5.41) is 14.6. The van der Waals surface area contributed by atoms with Crippen LogP contribution in [0.2, 0.25) is 0 Å². The van der Waals surface area contributed by atoms with E-state index < -0.39 is 0 Å². The van der Waals surface area contributed by atoms with E-state index in [0.717, 1.165) is 34.8 Å². The second-order valence-electron chi connectivity index (χ2n) is 7.62. The monoisotopic (exact) mass is 394 g/mol. The maximum Gasteiger partial charge on any atom is 0.227 e. The molecular formula is C21H26N6O2. The number of aromatic nitrogens is 5. The van der Waals surface area contributed by atoms with Crippen molar-refractivity contribution in [2.24, 2.45) is 0 Å². The van der Waals surface area contributed by atoms with Crippen molar-refractivity contribution in [2.75, 3.05) is 6.54 Å². The highest BCUT2D eigenvalue weighted by Gasteiger charge is 2.33. The smallest absolute Gasteiger partial charge is 0.227 e. The number of fused-ring (bicyclic) bond motifs is 1. The lowest BCUT2D eigenvalue weighted by Crippen LogP contribution is -2.39. The lowest BCUT2D eigenvalue weighted by atomic mass is 9.95. The van der Waals surface area contributed by atoms with Crippen molar-refractivity contribution in [2.45, 2.75) is 52.2 Å². The number of amides is 1. The van der Waals surface area contributed by atoms with E-state index in [9.17, 15) is 4.79 Å². The number of H-pyrrole nitrogens is 2. The average Bonchev–Trinajstić information content (AvgIpc) is 3.36. The van der Waals surface area contributed by atoms with Gasteiger partial charge in [0.1, 0.15) is 11.6 Å². The van der Waals surface area contributed by atoms with Crippen molar-refractivity contribution in [3.05, 3.63) is 58.9 Å². The summed E-state index contributed by atoms with van der Waals surface area (Å²) in [6, 6.07) is 7.73. The molecule has 1 atom stereocenters. The van der Waals surface area contributed by atoms with Crippen LogP contribution >= 0.6 is 0 Å². The summed E-state index contributed by atoms with van der Waals surface area (Å²) in [5.74, 6) is 2.27.